The molecular formula is C14H6Cl3NO2S2. The maximum atomic E-state index is 11.6. The quantitative estimate of drug-likeness (QED) is 0.424. The van der Waals surface area contributed by atoms with Crippen LogP contribution in [0.2, 0.25) is 15.1 Å². The van der Waals surface area contributed by atoms with Gasteiger partial charge in [-0.1, -0.05) is 58.8 Å². The SMILES string of the molecule is O=C1NC(=S)S/C1=C/c1ccc(-c2cc(Cl)c(Cl)cc2Cl)o1. The van der Waals surface area contributed by atoms with Crippen LogP contribution in [0.3, 0.4) is 0 Å². The normalized spacial score (nSPS) is 16.4. The molecule has 1 aliphatic rings. The van der Waals surface area contributed by atoms with Crippen LogP contribution < -0.4 is 5.32 Å². The molecule has 0 saturated carbocycles. The first kappa shape index (κ1) is 15.9. The minimum absolute atomic E-state index is 0.236. The van der Waals surface area contributed by atoms with E-state index in [1.807, 2.05) is 0 Å². The van der Waals surface area contributed by atoms with E-state index >= 15 is 0 Å². The molecule has 0 spiro atoms. The fraction of sp³-hybridized carbons (Fsp3) is 0. The number of thiocarbonyl (C=S) groups is 1. The molecule has 0 bridgehead atoms. The molecule has 22 heavy (non-hydrogen) atoms. The van der Waals surface area contributed by atoms with Crippen LogP contribution in [0.5, 0.6) is 0 Å². The van der Waals surface area contributed by atoms with Gasteiger partial charge in [0.05, 0.1) is 20.0 Å². The van der Waals surface area contributed by atoms with Crippen LogP contribution in [0.15, 0.2) is 33.6 Å². The molecule has 8 heteroatoms. The van der Waals surface area contributed by atoms with Gasteiger partial charge in [0.25, 0.3) is 5.91 Å². The average molecular weight is 391 g/mol. The second kappa shape index (κ2) is 6.26. The Balaban J connectivity index is 1.95. The van der Waals surface area contributed by atoms with E-state index in [-0.39, 0.29) is 5.91 Å². The van der Waals surface area contributed by atoms with Crippen LogP contribution in [0.4, 0.5) is 0 Å². The number of hydrogen-bond acceptors (Lipinski definition) is 4. The Morgan fingerprint density at radius 3 is 2.55 bits per heavy atom. The lowest BCUT2D eigenvalue weighted by atomic mass is 10.2. The van der Waals surface area contributed by atoms with Crippen LogP contribution in [0.1, 0.15) is 5.76 Å². The lowest BCUT2D eigenvalue weighted by molar-refractivity contribution is -0.115. The van der Waals surface area contributed by atoms with Crippen molar-refractivity contribution in [1.29, 1.82) is 0 Å². The van der Waals surface area contributed by atoms with Crippen molar-refractivity contribution >= 4 is 75.1 Å². The van der Waals surface area contributed by atoms with Gasteiger partial charge in [-0.3, -0.25) is 4.79 Å². The molecule has 1 fully saturated rings. The summed E-state index contributed by atoms with van der Waals surface area (Å²) in [4.78, 5) is 12.1. The molecule has 3 nitrogen and oxygen atoms in total. The van der Waals surface area contributed by atoms with Gasteiger partial charge in [-0.05, 0) is 24.3 Å². The van der Waals surface area contributed by atoms with E-state index in [1.54, 1.807) is 30.3 Å². The summed E-state index contributed by atoms with van der Waals surface area (Å²) >= 11 is 24.2. The zero-order valence-electron chi connectivity index (χ0n) is 10.7. The number of thioether (sulfide) groups is 1. The van der Waals surface area contributed by atoms with E-state index in [2.05, 4.69) is 5.32 Å². The van der Waals surface area contributed by atoms with Gasteiger partial charge in [0.2, 0.25) is 0 Å². The predicted octanol–water partition coefficient (Wildman–Crippen LogP) is 5.40. The maximum Gasteiger partial charge on any atom is 0.263 e. The molecule has 1 aromatic heterocycles. The molecule has 0 radical (unpaired) electrons. The molecule has 112 valence electrons. The molecule has 0 atom stereocenters. The minimum Gasteiger partial charge on any atom is -0.457 e. The highest BCUT2D eigenvalue weighted by Gasteiger charge is 2.22. The predicted molar refractivity (Wildman–Crippen MR) is 95.5 cm³/mol. The number of rotatable bonds is 2. The molecule has 1 N–H and O–H groups in total. The Hall–Kier alpha value is -0.980. The Kier molecular flexibility index (Phi) is 4.52. The Bertz CT molecular complexity index is 829. The third-order valence-corrected chi connectivity index (χ3v) is 5.02. The van der Waals surface area contributed by atoms with Crippen LogP contribution >= 0.6 is 58.8 Å². The highest BCUT2D eigenvalue weighted by atomic mass is 35.5. The fourth-order valence-corrected chi connectivity index (χ4v) is 3.50. The number of benzene rings is 1. The third-order valence-electron chi connectivity index (χ3n) is 2.82. The number of furan rings is 1. The number of carbonyl (C=O) groups is 1. The van der Waals surface area contributed by atoms with E-state index < -0.39 is 0 Å². The van der Waals surface area contributed by atoms with Crippen molar-refractivity contribution in [2.45, 2.75) is 0 Å². The van der Waals surface area contributed by atoms with Gasteiger partial charge in [0.1, 0.15) is 15.8 Å². The molecule has 1 saturated heterocycles. The van der Waals surface area contributed by atoms with Crippen LogP contribution in [-0.2, 0) is 4.79 Å². The molecule has 0 unspecified atom stereocenters. The van der Waals surface area contributed by atoms with Gasteiger partial charge in [-0.2, -0.15) is 0 Å². The maximum absolute atomic E-state index is 11.6. The summed E-state index contributed by atoms with van der Waals surface area (Å²) in [5, 5.41) is 3.72. The molecule has 1 aliphatic heterocycles. The van der Waals surface area contributed by atoms with Gasteiger partial charge in [-0.25, -0.2) is 0 Å². The zero-order valence-corrected chi connectivity index (χ0v) is 14.6. The van der Waals surface area contributed by atoms with Crippen molar-refractivity contribution in [3.05, 3.63) is 50.0 Å². The fourth-order valence-electron chi connectivity index (χ4n) is 1.84. The smallest absolute Gasteiger partial charge is 0.263 e. The first-order valence-electron chi connectivity index (χ1n) is 5.93. The van der Waals surface area contributed by atoms with Crippen LogP contribution in [-0.4, -0.2) is 10.2 Å². The summed E-state index contributed by atoms with van der Waals surface area (Å²) < 4.78 is 6.12. The summed E-state index contributed by atoms with van der Waals surface area (Å²) in [6.07, 6.45) is 1.62. The molecule has 1 amide bonds. The lowest BCUT2D eigenvalue weighted by Gasteiger charge is -2.03. The van der Waals surface area contributed by atoms with E-state index in [4.69, 9.17) is 51.4 Å². The molecule has 2 aromatic rings. The highest BCUT2D eigenvalue weighted by molar-refractivity contribution is 8.26. The van der Waals surface area contributed by atoms with E-state index in [0.717, 1.165) is 0 Å². The van der Waals surface area contributed by atoms with Crippen molar-refractivity contribution in [3.8, 4) is 11.3 Å². The number of hydrogen-bond donors (Lipinski definition) is 1. The Labute approximate surface area is 150 Å². The van der Waals surface area contributed by atoms with Gasteiger partial charge < -0.3 is 9.73 Å². The summed E-state index contributed by atoms with van der Waals surface area (Å²) in [5.41, 5.74) is 0.625. The van der Waals surface area contributed by atoms with Crippen molar-refractivity contribution in [2.24, 2.45) is 0 Å². The van der Waals surface area contributed by atoms with Crippen molar-refractivity contribution in [3.63, 3.8) is 0 Å². The Morgan fingerprint density at radius 1 is 1.14 bits per heavy atom. The highest BCUT2D eigenvalue weighted by Crippen LogP contribution is 2.36. The molecule has 0 aliphatic carbocycles. The Morgan fingerprint density at radius 2 is 1.86 bits per heavy atom. The lowest BCUT2D eigenvalue weighted by Crippen LogP contribution is -2.17. The van der Waals surface area contributed by atoms with Crippen molar-refractivity contribution in [2.75, 3.05) is 0 Å². The van der Waals surface area contributed by atoms with Gasteiger partial charge >= 0.3 is 0 Å². The first-order chi connectivity index (χ1) is 10.4. The average Bonchev–Trinajstić information content (AvgIpc) is 3.02. The molecule has 3 rings (SSSR count). The monoisotopic (exact) mass is 389 g/mol. The van der Waals surface area contributed by atoms with E-state index in [9.17, 15) is 4.79 Å². The molecule has 1 aromatic carbocycles. The first-order valence-corrected chi connectivity index (χ1v) is 8.29. The summed E-state index contributed by atoms with van der Waals surface area (Å²) in [5.74, 6) is 0.807. The topological polar surface area (TPSA) is 42.2 Å². The molecular weight excluding hydrogens is 385 g/mol. The summed E-state index contributed by atoms with van der Waals surface area (Å²) in [6.45, 7) is 0. The minimum atomic E-state index is -0.236. The van der Waals surface area contributed by atoms with Gasteiger partial charge in [-0.15, -0.1) is 0 Å². The van der Waals surface area contributed by atoms with Crippen LogP contribution in [0.25, 0.3) is 17.4 Å². The zero-order chi connectivity index (χ0) is 15.9. The molecule has 2 heterocycles. The van der Waals surface area contributed by atoms with E-state index in [1.165, 1.54) is 11.8 Å². The summed E-state index contributed by atoms with van der Waals surface area (Å²) in [6, 6.07) is 6.67. The van der Waals surface area contributed by atoms with Crippen molar-refractivity contribution in [1.82, 2.24) is 5.32 Å². The summed E-state index contributed by atoms with van der Waals surface area (Å²) in [7, 11) is 0. The third kappa shape index (κ3) is 3.19. The second-order valence-electron chi connectivity index (χ2n) is 4.30. The van der Waals surface area contributed by atoms with Gasteiger partial charge in [0.15, 0.2) is 0 Å². The number of amides is 1. The van der Waals surface area contributed by atoms with Crippen molar-refractivity contribution < 1.29 is 9.21 Å². The van der Waals surface area contributed by atoms with Gasteiger partial charge in [0, 0.05) is 11.6 Å². The largest absolute Gasteiger partial charge is 0.457 e. The van der Waals surface area contributed by atoms with Crippen LogP contribution in [0, 0.1) is 0 Å². The number of halogens is 3. The second-order valence-corrected chi connectivity index (χ2v) is 7.24. The number of carbonyl (C=O) groups excluding carboxylic acids is 1. The number of nitrogens with one attached hydrogen (secondary N) is 1. The van der Waals surface area contributed by atoms with E-state index in [0.29, 0.717) is 41.4 Å². The standard InChI is InChI=1S/C14H6Cl3NO2S2/c15-8-5-10(17)9(16)4-7(8)11-2-1-6(20-11)3-12-13(19)18-14(21)22-12/h1-5H,(H,18,19,21)/b12-3+.